The Morgan fingerprint density at radius 3 is 2.00 bits per heavy atom. The van der Waals surface area contributed by atoms with Gasteiger partial charge in [-0.15, -0.1) is 0 Å². The van der Waals surface area contributed by atoms with Crippen LogP contribution in [0, 0.1) is 5.92 Å². The van der Waals surface area contributed by atoms with Gasteiger partial charge >= 0.3 is 0 Å². The van der Waals surface area contributed by atoms with E-state index in [2.05, 4.69) is 76.0 Å². The number of nitrogens with one attached hydrogen (secondary N) is 1. The van der Waals surface area contributed by atoms with E-state index in [1.165, 1.54) is 16.9 Å². The van der Waals surface area contributed by atoms with Gasteiger partial charge in [-0.05, 0) is 35.3 Å². The minimum Gasteiger partial charge on any atom is -0.310 e. The highest BCUT2D eigenvalue weighted by Gasteiger charge is 2.11. The lowest BCUT2D eigenvalue weighted by Gasteiger charge is -2.19. The van der Waals surface area contributed by atoms with Crippen LogP contribution in [0.15, 0.2) is 24.3 Å². The molecule has 1 unspecified atom stereocenters. The van der Waals surface area contributed by atoms with Gasteiger partial charge in [0.25, 0.3) is 0 Å². The second-order valence-corrected chi connectivity index (χ2v) is 6.94. The summed E-state index contributed by atoms with van der Waals surface area (Å²) in [6.07, 6.45) is 0. The van der Waals surface area contributed by atoms with Crippen LogP contribution in [0.25, 0.3) is 0 Å². The molecule has 0 aliphatic rings. The number of hydrogen-bond acceptors (Lipinski definition) is 2. The standard InChI is InChI=1S/C17H29NS/c1-6-18-17(12-19-11-13(2)3)16-9-7-15(8-10-16)14(4)5/h7-10,13-14,17-18H,6,11-12H2,1-5H3. The molecule has 0 heterocycles. The summed E-state index contributed by atoms with van der Waals surface area (Å²) in [7, 11) is 0. The molecule has 1 aromatic carbocycles. The van der Waals surface area contributed by atoms with E-state index >= 15 is 0 Å². The first-order valence-electron chi connectivity index (χ1n) is 7.45. The van der Waals surface area contributed by atoms with Gasteiger partial charge in [0.1, 0.15) is 0 Å². The Hall–Kier alpha value is -0.470. The third-order valence-corrected chi connectivity index (χ3v) is 4.66. The molecule has 108 valence electrons. The van der Waals surface area contributed by atoms with Crippen molar-refractivity contribution >= 4 is 11.8 Å². The minimum absolute atomic E-state index is 0.481. The lowest BCUT2D eigenvalue weighted by atomic mass is 9.99. The van der Waals surface area contributed by atoms with Gasteiger partial charge in [0, 0.05) is 11.8 Å². The van der Waals surface area contributed by atoms with E-state index in [0.717, 1.165) is 18.2 Å². The number of benzene rings is 1. The number of rotatable bonds is 8. The van der Waals surface area contributed by atoms with Gasteiger partial charge in [-0.1, -0.05) is 58.9 Å². The van der Waals surface area contributed by atoms with Gasteiger partial charge in [0.05, 0.1) is 0 Å². The van der Waals surface area contributed by atoms with E-state index in [1.54, 1.807) is 0 Å². The van der Waals surface area contributed by atoms with Crippen molar-refractivity contribution in [2.24, 2.45) is 5.92 Å². The van der Waals surface area contributed by atoms with Crippen LogP contribution in [0.2, 0.25) is 0 Å². The normalized spacial score (nSPS) is 13.2. The first-order chi connectivity index (χ1) is 9.04. The van der Waals surface area contributed by atoms with Gasteiger partial charge < -0.3 is 5.32 Å². The summed E-state index contributed by atoms with van der Waals surface area (Å²) in [4.78, 5) is 0. The monoisotopic (exact) mass is 279 g/mol. The molecule has 0 saturated carbocycles. The van der Waals surface area contributed by atoms with Crippen molar-refractivity contribution in [2.45, 2.75) is 46.6 Å². The second kappa shape index (κ2) is 8.65. The zero-order valence-corrected chi connectivity index (χ0v) is 13.9. The van der Waals surface area contributed by atoms with E-state index in [1.807, 2.05) is 0 Å². The Morgan fingerprint density at radius 2 is 1.53 bits per heavy atom. The van der Waals surface area contributed by atoms with Crippen molar-refractivity contribution < 1.29 is 0 Å². The van der Waals surface area contributed by atoms with Crippen molar-refractivity contribution in [2.75, 3.05) is 18.1 Å². The largest absolute Gasteiger partial charge is 0.310 e. The molecular formula is C17H29NS. The van der Waals surface area contributed by atoms with Gasteiger partial charge in [0.15, 0.2) is 0 Å². The van der Waals surface area contributed by atoms with Crippen LogP contribution in [0.3, 0.4) is 0 Å². The first kappa shape index (κ1) is 16.6. The Balaban J connectivity index is 2.64. The molecule has 1 N–H and O–H groups in total. The van der Waals surface area contributed by atoms with Crippen LogP contribution >= 0.6 is 11.8 Å². The quantitative estimate of drug-likeness (QED) is 0.730. The molecule has 0 aliphatic carbocycles. The third kappa shape index (κ3) is 6.01. The lowest BCUT2D eigenvalue weighted by Crippen LogP contribution is -2.23. The molecular weight excluding hydrogens is 250 g/mol. The predicted molar refractivity (Wildman–Crippen MR) is 89.1 cm³/mol. The van der Waals surface area contributed by atoms with Crippen LogP contribution in [-0.4, -0.2) is 18.1 Å². The maximum atomic E-state index is 3.60. The summed E-state index contributed by atoms with van der Waals surface area (Å²) in [6.45, 7) is 12.3. The summed E-state index contributed by atoms with van der Waals surface area (Å²) in [5.74, 6) is 3.79. The van der Waals surface area contributed by atoms with Crippen molar-refractivity contribution in [3.8, 4) is 0 Å². The zero-order valence-electron chi connectivity index (χ0n) is 13.1. The van der Waals surface area contributed by atoms with E-state index in [4.69, 9.17) is 0 Å². The van der Waals surface area contributed by atoms with Gasteiger partial charge in [-0.25, -0.2) is 0 Å². The van der Waals surface area contributed by atoms with Crippen LogP contribution in [0.5, 0.6) is 0 Å². The topological polar surface area (TPSA) is 12.0 Å². The molecule has 1 rings (SSSR count). The SMILES string of the molecule is CCNC(CSCC(C)C)c1ccc(C(C)C)cc1. The van der Waals surface area contributed by atoms with Crippen LogP contribution < -0.4 is 5.32 Å². The maximum Gasteiger partial charge on any atom is 0.0411 e. The number of hydrogen-bond donors (Lipinski definition) is 1. The average Bonchev–Trinajstić information content (AvgIpc) is 2.37. The highest BCUT2D eigenvalue weighted by molar-refractivity contribution is 7.99. The fraction of sp³-hybridized carbons (Fsp3) is 0.647. The molecule has 0 saturated heterocycles. The van der Waals surface area contributed by atoms with Gasteiger partial charge in [-0.2, -0.15) is 11.8 Å². The molecule has 0 aliphatic heterocycles. The molecule has 19 heavy (non-hydrogen) atoms. The lowest BCUT2D eigenvalue weighted by molar-refractivity contribution is 0.604. The second-order valence-electron chi connectivity index (χ2n) is 5.86. The van der Waals surface area contributed by atoms with E-state index in [-0.39, 0.29) is 0 Å². The maximum absolute atomic E-state index is 3.60. The van der Waals surface area contributed by atoms with E-state index < -0.39 is 0 Å². The molecule has 0 bridgehead atoms. The van der Waals surface area contributed by atoms with Crippen molar-refractivity contribution in [3.05, 3.63) is 35.4 Å². The Labute approximate surface area is 123 Å². The van der Waals surface area contributed by atoms with E-state index in [9.17, 15) is 0 Å². The molecule has 1 atom stereocenters. The summed E-state index contributed by atoms with van der Waals surface area (Å²) < 4.78 is 0. The molecule has 1 nitrogen and oxygen atoms in total. The smallest absolute Gasteiger partial charge is 0.0411 e. The first-order valence-corrected chi connectivity index (χ1v) is 8.61. The van der Waals surface area contributed by atoms with Crippen LogP contribution in [-0.2, 0) is 0 Å². The van der Waals surface area contributed by atoms with Gasteiger partial charge in [0.2, 0.25) is 0 Å². The predicted octanol–water partition coefficient (Wildman–Crippen LogP) is 4.85. The average molecular weight is 279 g/mol. The molecule has 2 heteroatoms. The van der Waals surface area contributed by atoms with Crippen molar-refractivity contribution in [1.82, 2.24) is 5.32 Å². The summed E-state index contributed by atoms with van der Waals surface area (Å²) in [5.41, 5.74) is 2.84. The third-order valence-electron chi connectivity index (χ3n) is 3.19. The number of thioether (sulfide) groups is 1. The molecule has 1 aromatic rings. The van der Waals surface area contributed by atoms with Gasteiger partial charge in [-0.3, -0.25) is 0 Å². The van der Waals surface area contributed by atoms with E-state index in [0.29, 0.717) is 12.0 Å². The molecule has 0 spiro atoms. The Kier molecular flexibility index (Phi) is 7.55. The molecule has 0 amide bonds. The molecule has 0 aromatic heterocycles. The summed E-state index contributed by atoms with van der Waals surface area (Å²) in [6, 6.07) is 9.61. The zero-order chi connectivity index (χ0) is 14.3. The minimum atomic E-state index is 0.481. The fourth-order valence-corrected chi connectivity index (χ4v) is 3.21. The molecule has 0 radical (unpaired) electrons. The fourth-order valence-electron chi connectivity index (χ4n) is 2.05. The highest BCUT2D eigenvalue weighted by atomic mass is 32.2. The molecule has 0 fully saturated rings. The van der Waals surface area contributed by atoms with Crippen LogP contribution in [0.4, 0.5) is 0 Å². The summed E-state index contributed by atoms with van der Waals surface area (Å²) in [5, 5.41) is 3.60. The highest BCUT2D eigenvalue weighted by Crippen LogP contribution is 2.22. The van der Waals surface area contributed by atoms with Crippen molar-refractivity contribution in [1.29, 1.82) is 0 Å². The summed E-state index contributed by atoms with van der Waals surface area (Å²) >= 11 is 2.05. The Bertz CT molecular complexity index is 343. The Morgan fingerprint density at radius 1 is 0.947 bits per heavy atom. The van der Waals surface area contributed by atoms with Crippen LogP contribution in [0.1, 0.15) is 57.7 Å². The van der Waals surface area contributed by atoms with Crippen molar-refractivity contribution in [3.63, 3.8) is 0 Å².